The third kappa shape index (κ3) is 2.08. The monoisotopic (exact) mass is 233 g/mol. The first-order valence-corrected chi connectivity index (χ1v) is 6.04. The van der Waals surface area contributed by atoms with Gasteiger partial charge in [0.05, 0.1) is 5.69 Å². The predicted molar refractivity (Wildman–Crippen MR) is 69.2 cm³/mol. The third-order valence-corrected chi connectivity index (χ3v) is 3.48. The molecule has 2 N–H and O–H groups in total. The molecule has 0 saturated heterocycles. The van der Waals surface area contributed by atoms with Gasteiger partial charge in [-0.05, 0) is 18.6 Å². The molecule has 84 valence electrons. The van der Waals surface area contributed by atoms with Crippen LogP contribution in [0.5, 0.6) is 0 Å². The fourth-order valence-electron chi connectivity index (χ4n) is 1.59. The lowest BCUT2D eigenvalue weighted by Crippen LogP contribution is -2.10. The molecule has 0 atom stereocenters. The highest BCUT2D eigenvalue weighted by atomic mass is 32.1. The molecule has 0 spiro atoms. The number of aryl methyl sites for hydroxylation is 1. The molecule has 0 radical (unpaired) electrons. The van der Waals surface area contributed by atoms with Crippen molar-refractivity contribution in [3.05, 3.63) is 40.9 Å². The van der Waals surface area contributed by atoms with Gasteiger partial charge in [0, 0.05) is 24.7 Å². The van der Waals surface area contributed by atoms with Gasteiger partial charge in [0.15, 0.2) is 5.13 Å². The number of hydrogen-bond acceptors (Lipinski definition) is 4. The van der Waals surface area contributed by atoms with Gasteiger partial charge in [-0.25, -0.2) is 4.98 Å². The van der Waals surface area contributed by atoms with E-state index in [-0.39, 0.29) is 0 Å². The summed E-state index contributed by atoms with van der Waals surface area (Å²) in [6.07, 6.45) is 0. The SMILES string of the molecule is Cc1ccccc1N(C)c1nc(CN)cs1. The van der Waals surface area contributed by atoms with Crippen molar-refractivity contribution in [2.45, 2.75) is 13.5 Å². The molecule has 16 heavy (non-hydrogen) atoms. The molecule has 3 nitrogen and oxygen atoms in total. The first-order valence-electron chi connectivity index (χ1n) is 5.16. The lowest BCUT2D eigenvalue weighted by atomic mass is 10.2. The topological polar surface area (TPSA) is 42.2 Å². The van der Waals surface area contributed by atoms with E-state index in [9.17, 15) is 0 Å². The summed E-state index contributed by atoms with van der Waals surface area (Å²) in [5.41, 5.74) is 8.93. The average Bonchev–Trinajstić information content (AvgIpc) is 2.77. The molecule has 0 aliphatic carbocycles. The summed E-state index contributed by atoms with van der Waals surface area (Å²) in [5, 5.41) is 2.99. The summed E-state index contributed by atoms with van der Waals surface area (Å²) in [7, 11) is 2.03. The number of aromatic nitrogens is 1. The Morgan fingerprint density at radius 2 is 2.12 bits per heavy atom. The minimum absolute atomic E-state index is 0.498. The Kier molecular flexibility index (Phi) is 3.22. The number of thiazole rings is 1. The molecular weight excluding hydrogens is 218 g/mol. The molecule has 2 rings (SSSR count). The van der Waals surface area contributed by atoms with E-state index in [1.165, 1.54) is 11.3 Å². The lowest BCUT2D eigenvalue weighted by Gasteiger charge is -2.18. The van der Waals surface area contributed by atoms with Gasteiger partial charge in [-0.3, -0.25) is 0 Å². The van der Waals surface area contributed by atoms with Gasteiger partial charge in [-0.1, -0.05) is 18.2 Å². The van der Waals surface area contributed by atoms with Crippen molar-refractivity contribution < 1.29 is 0 Å². The number of hydrogen-bond donors (Lipinski definition) is 1. The average molecular weight is 233 g/mol. The van der Waals surface area contributed by atoms with Crippen LogP contribution >= 0.6 is 11.3 Å². The van der Waals surface area contributed by atoms with Gasteiger partial charge < -0.3 is 10.6 Å². The fraction of sp³-hybridized carbons (Fsp3) is 0.250. The highest BCUT2D eigenvalue weighted by molar-refractivity contribution is 7.13. The van der Waals surface area contributed by atoms with E-state index >= 15 is 0 Å². The van der Waals surface area contributed by atoms with Crippen LogP contribution in [0.1, 0.15) is 11.3 Å². The minimum atomic E-state index is 0.498. The van der Waals surface area contributed by atoms with Crippen LogP contribution in [0.15, 0.2) is 29.6 Å². The minimum Gasteiger partial charge on any atom is -0.325 e. The highest BCUT2D eigenvalue weighted by Crippen LogP contribution is 2.28. The standard InChI is InChI=1S/C12H15N3S/c1-9-5-3-4-6-11(9)15(2)12-14-10(7-13)8-16-12/h3-6,8H,7,13H2,1-2H3. The maximum absolute atomic E-state index is 5.56. The second kappa shape index (κ2) is 4.63. The molecule has 1 aromatic carbocycles. The van der Waals surface area contributed by atoms with Crippen LogP contribution in [0.2, 0.25) is 0 Å². The van der Waals surface area contributed by atoms with Crippen molar-refractivity contribution in [3.63, 3.8) is 0 Å². The maximum Gasteiger partial charge on any atom is 0.189 e. The molecule has 0 aliphatic rings. The second-order valence-electron chi connectivity index (χ2n) is 3.67. The van der Waals surface area contributed by atoms with Crippen LogP contribution in [0.25, 0.3) is 0 Å². The first-order chi connectivity index (χ1) is 7.72. The van der Waals surface area contributed by atoms with Crippen LogP contribution in [-0.2, 0) is 6.54 Å². The van der Waals surface area contributed by atoms with Gasteiger partial charge in [-0.2, -0.15) is 0 Å². The van der Waals surface area contributed by atoms with Crippen LogP contribution in [-0.4, -0.2) is 12.0 Å². The Labute approximate surface area is 99.5 Å². The lowest BCUT2D eigenvalue weighted by molar-refractivity contribution is 0.999. The normalized spacial score (nSPS) is 10.4. The van der Waals surface area contributed by atoms with Crippen LogP contribution in [0, 0.1) is 6.92 Å². The number of nitrogens with two attached hydrogens (primary N) is 1. The Morgan fingerprint density at radius 1 is 1.38 bits per heavy atom. The van der Waals surface area contributed by atoms with Gasteiger partial charge in [0.1, 0.15) is 0 Å². The van der Waals surface area contributed by atoms with Crippen molar-refractivity contribution in [2.75, 3.05) is 11.9 Å². The molecular formula is C12H15N3S. The van der Waals surface area contributed by atoms with Crippen LogP contribution in [0.3, 0.4) is 0 Å². The number of nitrogens with zero attached hydrogens (tertiary/aromatic N) is 2. The first kappa shape index (κ1) is 11.1. The van der Waals surface area contributed by atoms with Gasteiger partial charge >= 0.3 is 0 Å². The fourth-order valence-corrected chi connectivity index (χ4v) is 2.40. The van der Waals surface area contributed by atoms with E-state index in [1.54, 1.807) is 11.3 Å². The summed E-state index contributed by atoms with van der Waals surface area (Å²) >= 11 is 1.62. The zero-order valence-corrected chi connectivity index (χ0v) is 10.3. The molecule has 1 aromatic heterocycles. The zero-order chi connectivity index (χ0) is 11.5. The van der Waals surface area contributed by atoms with Crippen molar-refractivity contribution >= 4 is 22.2 Å². The third-order valence-electron chi connectivity index (χ3n) is 2.51. The van der Waals surface area contributed by atoms with Gasteiger partial charge in [0.25, 0.3) is 0 Å². The Hall–Kier alpha value is -1.39. The summed E-state index contributed by atoms with van der Waals surface area (Å²) in [6, 6.07) is 8.28. The van der Waals surface area contributed by atoms with E-state index in [0.29, 0.717) is 6.54 Å². The van der Waals surface area contributed by atoms with Crippen molar-refractivity contribution in [3.8, 4) is 0 Å². The summed E-state index contributed by atoms with van der Waals surface area (Å²) in [4.78, 5) is 6.56. The maximum atomic E-state index is 5.56. The second-order valence-corrected chi connectivity index (χ2v) is 4.51. The molecule has 0 saturated carbocycles. The van der Waals surface area contributed by atoms with E-state index in [1.807, 2.05) is 24.6 Å². The Bertz CT molecular complexity index is 479. The largest absolute Gasteiger partial charge is 0.325 e. The predicted octanol–water partition coefficient (Wildman–Crippen LogP) is 2.68. The van der Waals surface area contributed by atoms with E-state index < -0.39 is 0 Å². The summed E-state index contributed by atoms with van der Waals surface area (Å²) in [5.74, 6) is 0. The Morgan fingerprint density at radius 3 is 2.75 bits per heavy atom. The smallest absolute Gasteiger partial charge is 0.189 e. The number of para-hydroxylation sites is 1. The highest BCUT2D eigenvalue weighted by Gasteiger charge is 2.09. The molecule has 0 aliphatic heterocycles. The summed E-state index contributed by atoms with van der Waals surface area (Å²) in [6.45, 7) is 2.60. The summed E-state index contributed by atoms with van der Waals surface area (Å²) < 4.78 is 0. The molecule has 1 heterocycles. The molecule has 0 fully saturated rings. The quantitative estimate of drug-likeness (QED) is 0.886. The molecule has 0 amide bonds. The molecule has 4 heteroatoms. The van der Waals surface area contributed by atoms with Crippen molar-refractivity contribution in [1.29, 1.82) is 0 Å². The van der Waals surface area contributed by atoms with Gasteiger partial charge in [0.2, 0.25) is 0 Å². The molecule has 0 bridgehead atoms. The Balaban J connectivity index is 2.31. The van der Waals surface area contributed by atoms with E-state index in [4.69, 9.17) is 5.73 Å². The zero-order valence-electron chi connectivity index (χ0n) is 9.47. The van der Waals surface area contributed by atoms with E-state index in [2.05, 4.69) is 28.9 Å². The number of rotatable bonds is 3. The molecule has 0 unspecified atom stereocenters. The van der Waals surface area contributed by atoms with Gasteiger partial charge in [-0.15, -0.1) is 11.3 Å². The van der Waals surface area contributed by atoms with Crippen LogP contribution < -0.4 is 10.6 Å². The molecule has 2 aromatic rings. The van der Waals surface area contributed by atoms with E-state index in [0.717, 1.165) is 10.8 Å². The number of benzene rings is 1. The van der Waals surface area contributed by atoms with Crippen molar-refractivity contribution in [2.24, 2.45) is 5.73 Å². The van der Waals surface area contributed by atoms with Crippen LogP contribution in [0.4, 0.5) is 10.8 Å². The van der Waals surface area contributed by atoms with Crippen molar-refractivity contribution in [1.82, 2.24) is 4.98 Å². The number of anilines is 2.